The Balaban J connectivity index is 1.99. The molecule has 1 saturated heterocycles. The van der Waals surface area contributed by atoms with Crippen LogP contribution in [0.3, 0.4) is 0 Å². The Kier molecular flexibility index (Phi) is 7.08. The highest BCUT2D eigenvalue weighted by atomic mass is 16.7. The van der Waals surface area contributed by atoms with E-state index in [9.17, 15) is 30.6 Å². The van der Waals surface area contributed by atoms with E-state index in [0.717, 1.165) is 0 Å². The summed E-state index contributed by atoms with van der Waals surface area (Å²) in [5, 5.41) is 60.1. The molecule has 6 N–H and O–H groups in total. The van der Waals surface area contributed by atoms with Crippen LogP contribution in [0.1, 0.15) is 47.0 Å². The molecule has 1 unspecified atom stereocenters. The summed E-state index contributed by atoms with van der Waals surface area (Å²) < 4.78 is 11.0. The first-order chi connectivity index (χ1) is 12.4. The maximum absolute atomic E-state index is 11.2. The molecule has 2 aliphatic rings. The molecule has 8 nitrogen and oxygen atoms in total. The molecule has 0 spiro atoms. The second kappa shape index (κ2) is 8.42. The maximum atomic E-state index is 11.2. The van der Waals surface area contributed by atoms with Crippen LogP contribution in [-0.2, 0) is 9.47 Å². The first-order valence-corrected chi connectivity index (χ1v) is 9.48. The SMILES string of the molecule is CC1=C[C@@H](O)CC(C)(C)[C@@]1(O)CCC(C)O[C@@H]1O[C@H](CO)[C@@H](O)[C@H](O)[C@H]1O. The molecule has 1 heterocycles. The highest BCUT2D eigenvalue weighted by molar-refractivity contribution is 5.25. The minimum Gasteiger partial charge on any atom is -0.394 e. The molecule has 158 valence electrons. The summed E-state index contributed by atoms with van der Waals surface area (Å²) >= 11 is 0. The molecule has 0 aromatic carbocycles. The third-order valence-corrected chi connectivity index (χ3v) is 6.06. The van der Waals surface area contributed by atoms with E-state index in [1.54, 1.807) is 19.9 Å². The fourth-order valence-corrected chi connectivity index (χ4v) is 4.14. The molecule has 8 heteroatoms. The number of hydrogen-bond donors (Lipinski definition) is 6. The van der Waals surface area contributed by atoms with Crippen LogP contribution >= 0.6 is 0 Å². The average molecular weight is 390 g/mol. The number of rotatable bonds is 6. The zero-order valence-corrected chi connectivity index (χ0v) is 16.4. The Hall–Kier alpha value is -0.580. The van der Waals surface area contributed by atoms with E-state index in [-0.39, 0.29) is 0 Å². The third kappa shape index (κ3) is 4.54. The Morgan fingerprint density at radius 2 is 1.81 bits per heavy atom. The van der Waals surface area contributed by atoms with Crippen molar-refractivity contribution in [2.45, 2.75) is 95.5 Å². The molecule has 0 bridgehead atoms. The van der Waals surface area contributed by atoms with Crippen LogP contribution in [0.4, 0.5) is 0 Å². The van der Waals surface area contributed by atoms with Crippen LogP contribution in [0.15, 0.2) is 11.6 Å². The minimum absolute atomic E-state index is 0.383. The van der Waals surface area contributed by atoms with Crippen LogP contribution < -0.4 is 0 Å². The molecule has 1 aliphatic heterocycles. The van der Waals surface area contributed by atoms with Crippen molar-refractivity contribution in [3.63, 3.8) is 0 Å². The molecule has 0 aromatic heterocycles. The van der Waals surface area contributed by atoms with Crippen LogP contribution in [0.25, 0.3) is 0 Å². The lowest BCUT2D eigenvalue weighted by Gasteiger charge is -2.48. The Morgan fingerprint density at radius 3 is 2.37 bits per heavy atom. The predicted octanol–water partition coefficient (Wildman–Crippen LogP) is -0.560. The van der Waals surface area contributed by atoms with Crippen LogP contribution in [-0.4, -0.2) is 85.8 Å². The van der Waals surface area contributed by atoms with Crippen LogP contribution in [0.5, 0.6) is 0 Å². The van der Waals surface area contributed by atoms with Gasteiger partial charge in [0.05, 0.1) is 24.4 Å². The van der Waals surface area contributed by atoms with Gasteiger partial charge < -0.3 is 40.1 Å². The highest BCUT2D eigenvalue weighted by Crippen LogP contribution is 2.47. The fraction of sp³-hybridized carbons (Fsp3) is 0.895. The van der Waals surface area contributed by atoms with Crippen molar-refractivity contribution in [3.05, 3.63) is 11.6 Å². The molecule has 27 heavy (non-hydrogen) atoms. The van der Waals surface area contributed by atoms with Gasteiger partial charge in [-0.1, -0.05) is 19.9 Å². The summed E-state index contributed by atoms with van der Waals surface area (Å²) in [6, 6.07) is 0. The smallest absolute Gasteiger partial charge is 0.186 e. The zero-order chi connectivity index (χ0) is 20.6. The van der Waals surface area contributed by atoms with Crippen molar-refractivity contribution < 1.29 is 40.1 Å². The standard InChI is InChI=1S/C19H34O8/c1-10-7-12(21)8-18(3,4)19(10,25)6-5-11(2)26-17-16(24)15(23)14(22)13(9-20)27-17/h7,11-17,20-25H,5-6,8-9H2,1-4H3/t11?,12-,13-,14-,15+,16-,17-,19-/m1/s1. The molecule has 0 aromatic rings. The van der Waals surface area contributed by atoms with Crippen LogP contribution in [0.2, 0.25) is 0 Å². The maximum Gasteiger partial charge on any atom is 0.186 e. The van der Waals surface area contributed by atoms with E-state index in [0.29, 0.717) is 24.8 Å². The van der Waals surface area contributed by atoms with Gasteiger partial charge in [-0.15, -0.1) is 0 Å². The van der Waals surface area contributed by atoms with Gasteiger partial charge in [0, 0.05) is 5.41 Å². The number of ether oxygens (including phenoxy) is 2. The summed E-state index contributed by atoms with van der Waals surface area (Å²) in [4.78, 5) is 0. The van der Waals surface area contributed by atoms with E-state index >= 15 is 0 Å². The molecule has 2 rings (SSSR count). The summed E-state index contributed by atoms with van der Waals surface area (Å²) in [5.41, 5.74) is -0.904. The lowest BCUT2D eigenvalue weighted by molar-refractivity contribution is -0.310. The number of aliphatic hydroxyl groups is 6. The molecule has 1 fully saturated rings. The van der Waals surface area contributed by atoms with Crippen molar-refractivity contribution in [2.75, 3.05) is 6.61 Å². The van der Waals surface area contributed by atoms with Gasteiger partial charge in [0.1, 0.15) is 24.4 Å². The van der Waals surface area contributed by atoms with Gasteiger partial charge >= 0.3 is 0 Å². The van der Waals surface area contributed by atoms with Gasteiger partial charge in [-0.2, -0.15) is 0 Å². The van der Waals surface area contributed by atoms with E-state index < -0.39 is 60.5 Å². The second-order valence-electron chi connectivity index (χ2n) is 8.55. The van der Waals surface area contributed by atoms with E-state index in [1.165, 1.54) is 0 Å². The van der Waals surface area contributed by atoms with Crippen molar-refractivity contribution >= 4 is 0 Å². The molecular formula is C19H34O8. The molecule has 0 amide bonds. The van der Waals surface area contributed by atoms with Gasteiger partial charge in [-0.3, -0.25) is 0 Å². The summed E-state index contributed by atoms with van der Waals surface area (Å²) in [5.74, 6) is 0. The molecule has 8 atom stereocenters. The topological polar surface area (TPSA) is 140 Å². The van der Waals surface area contributed by atoms with Gasteiger partial charge in [0.25, 0.3) is 0 Å². The van der Waals surface area contributed by atoms with Crippen molar-refractivity contribution in [2.24, 2.45) is 5.41 Å². The van der Waals surface area contributed by atoms with E-state index in [2.05, 4.69) is 0 Å². The Morgan fingerprint density at radius 1 is 1.19 bits per heavy atom. The fourth-order valence-electron chi connectivity index (χ4n) is 4.14. The normalized spacial score (nSPS) is 43.3. The lowest BCUT2D eigenvalue weighted by Crippen LogP contribution is -2.59. The van der Waals surface area contributed by atoms with E-state index in [4.69, 9.17) is 9.47 Å². The number of aliphatic hydroxyl groups excluding tert-OH is 5. The zero-order valence-electron chi connectivity index (χ0n) is 16.4. The first-order valence-electron chi connectivity index (χ1n) is 9.48. The Bertz CT molecular complexity index is 534. The average Bonchev–Trinajstić information content (AvgIpc) is 2.58. The Labute approximate surface area is 160 Å². The first kappa shape index (κ1) is 22.7. The van der Waals surface area contributed by atoms with Crippen LogP contribution in [0, 0.1) is 5.41 Å². The quantitative estimate of drug-likeness (QED) is 0.332. The largest absolute Gasteiger partial charge is 0.394 e. The summed E-state index contributed by atoms with van der Waals surface area (Å²) in [7, 11) is 0. The molecule has 0 radical (unpaired) electrons. The minimum atomic E-state index is -1.48. The van der Waals surface area contributed by atoms with E-state index in [1.807, 2.05) is 13.8 Å². The van der Waals surface area contributed by atoms with Gasteiger partial charge in [0.15, 0.2) is 6.29 Å². The summed E-state index contributed by atoms with van der Waals surface area (Å²) in [6.07, 6.45) is -4.63. The lowest BCUT2D eigenvalue weighted by atomic mass is 9.62. The third-order valence-electron chi connectivity index (χ3n) is 6.06. The van der Waals surface area contributed by atoms with Gasteiger partial charge in [-0.25, -0.2) is 0 Å². The molecule has 1 aliphatic carbocycles. The highest BCUT2D eigenvalue weighted by Gasteiger charge is 2.48. The molecular weight excluding hydrogens is 356 g/mol. The van der Waals surface area contributed by atoms with Crippen molar-refractivity contribution in [1.29, 1.82) is 0 Å². The van der Waals surface area contributed by atoms with Crippen molar-refractivity contribution in [1.82, 2.24) is 0 Å². The van der Waals surface area contributed by atoms with Gasteiger partial charge in [0.2, 0.25) is 0 Å². The summed E-state index contributed by atoms with van der Waals surface area (Å²) in [6.45, 7) is 6.87. The van der Waals surface area contributed by atoms with Crippen molar-refractivity contribution in [3.8, 4) is 0 Å². The number of hydrogen-bond acceptors (Lipinski definition) is 8. The monoisotopic (exact) mass is 390 g/mol. The molecule has 0 saturated carbocycles. The predicted molar refractivity (Wildman–Crippen MR) is 96.7 cm³/mol. The second-order valence-corrected chi connectivity index (χ2v) is 8.55. The van der Waals surface area contributed by atoms with Gasteiger partial charge in [-0.05, 0) is 38.7 Å².